The van der Waals surface area contributed by atoms with Crippen molar-refractivity contribution in [2.24, 2.45) is 0 Å². The smallest absolute Gasteiger partial charge is 0.320 e. The van der Waals surface area contributed by atoms with Crippen molar-refractivity contribution in [1.82, 2.24) is 4.90 Å². The number of hydrogen-bond acceptors (Lipinski definition) is 2. The van der Waals surface area contributed by atoms with Gasteiger partial charge in [-0.25, -0.2) is 0 Å². The van der Waals surface area contributed by atoms with Crippen molar-refractivity contribution in [1.29, 1.82) is 0 Å². The Hall–Kier alpha value is -0.570. The van der Waals surface area contributed by atoms with Gasteiger partial charge in [0.2, 0.25) is 0 Å². The van der Waals surface area contributed by atoms with Gasteiger partial charge in [0.1, 0.15) is 6.04 Å². The van der Waals surface area contributed by atoms with Crippen LogP contribution < -0.4 is 0 Å². The first-order valence-electron chi connectivity index (χ1n) is 5.58. The quantitative estimate of drug-likeness (QED) is 0.756. The van der Waals surface area contributed by atoms with Crippen LogP contribution in [0.4, 0.5) is 0 Å². The fourth-order valence-electron chi connectivity index (χ4n) is 2.57. The van der Waals surface area contributed by atoms with Crippen LogP contribution in [0.25, 0.3) is 0 Å². The first-order valence-corrected chi connectivity index (χ1v) is 5.58. The third-order valence-electron chi connectivity index (χ3n) is 3.29. The molecule has 0 bridgehead atoms. The molecule has 1 heterocycles. The molecular formula is C11H21NO2. The molecular weight excluding hydrogens is 178 g/mol. The minimum absolute atomic E-state index is 0.291. The summed E-state index contributed by atoms with van der Waals surface area (Å²) in [7, 11) is 0. The molecule has 1 rings (SSSR count). The molecule has 1 aliphatic heterocycles. The third kappa shape index (κ3) is 2.27. The highest BCUT2D eigenvalue weighted by atomic mass is 16.4. The Morgan fingerprint density at radius 2 is 1.93 bits per heavy atom. The van der Waals surface area contributed by atoms with Crippen molar-refractivity contribution in [2.45, 2.75) is 64.6 Å². The lowest BCUT2D eigenvalue weighted by atomic mass is 9.94. The van der Waals surface area contributed by atoms with E-state index in [1.54, 1.807) is 0 Å². The van der Waals surface area contributed by atoms with Crippen molar-refractivity contribution in [2.75, 3.05) is 0 Å². The van der Waals surface area contributed by atoms with Gasteiger partial charge in [0, 0.05) is 12.1 Å². The number of carboxylic acids is 1. The summed E-state index contributed by atoms with van der Waals surface area (Å²) >= 11 is 0. The fraction of sp³-hybridized carbons (Fsp3) is 0.909. The standard InChI is InChI=1S/C11H21NO2/c1-4-10(11(13)14)12-8(2)6-5-7-9(12)3/h8-10H,4-7H2,1-3H3,(H,13,14)/t8-,9+,10-/m1/s1. The molecule has 3 nitrogen and oxygen atoms in total. The van der Waals surface area contributed by atoms with Gasteiger partial charge in [0.25, 0.3) is 0 Å². The summed E-state index contributed by atoms with van der Waals surface area (Å²) in [4.78, 5) is 13.3. The summed E-state index contributed by atoms with van der Waals surface area (Å²) < 4.78 is 0. The molecule has 1 fully saturated rings. The zero-order valence-electron chi connectivity index (χ0n) is 9.36. The van der Waals surface area contributed by atoms with E-state index in [1.165, 1.54) is 6.42 Å². The van der Waals surface area contributed by atoms with Crippen LogP contribution in [0, 0.1) is 0 Å². The number of piperidine rings is 1. The highest BCUT2D eigenvalue weighted by molar-refractivity contribution is 5.73. The third-order valence-corrected chi connectivity index (χ3v) is 3.29. The normalized spacial score (nSPS) is 31.4. The number of carbonyl (C=O) groups is 1. The Kier molecular flexibility index (Phi) is 3.93. The minimum atomic E-state index is -0.673. The van der Waals surface area contributed by atoms with Crippen molar-refractivity contribution < 1.29 is 9.90 Å². The molecule has 1 saturated heterocycles. The Morgan fingerprint density at radius 1 is 1.43 bits per heavy atom. The Bertz CT molecular complexity index is 195. The van der Waals surface area contributed by atoms with E-state index in [4.69, 9.17) is 5.11 Å². The number of hydrogen-bond donors (Lipinski definition) is 1. The Morgan fingerprint density at radius 3 is 2.29 bits per heavy atom. The summed E-state index contributed by atoms with van der Waals surface area (Å²) in [5.74, 6) is -0.673. The number of likely N-dealkylation sites (tertiary alicyclic amines) is 1. The molecule has 0 aromatic heterocycles. The second-order valence-electron chi connectivity index (χ2n) is 4.34. The SMILES string of the molecule is CC[C@H](C(=O)O)N1[C@H](C)CCC[C@@H]1C. The maximum atomic E-state index is 11.1. The molecule has 82 valence electrons. The second-order valence-corrected chi connectivity index (χ2v) is 4.34. The maximum absolute atomic E-state index is 11.1. The van der Waals surface area contributed by atoms with Crippen molar-refractivity contribution in [3.8, 4) is 0 Å². The van der Waals surface area contributed by atoms with Gasteiger partial charge in [-0.2, -0.15) is 0 Å². The van der Waals surface area contributed by atoms with Gasteiger partial charge in [-0.05, 0) is 33.1 Å². The molecule has 14 heavy (non-hydrogen) atoms. The molecule has 3 heteroatoms. The van der Waals surface area contributed by atoms with Crippen molar-refractivity contribution in [3.63, 3.8) is 0 Å². The van der Waals surface area contributed by atoms with Gasteiger partial charge >= 0.3 is 5.97 Å². The number of rotatable bonds is 3. The van der Waals surface area contributed by atoms with Gasteiger partial charge < -0.3 is 5.11 Å². The Labute approximate surface area is 86.1 Å². The molecule has 0 spiro atoms. The maximum Gasteiger partial charge on any atom is 0.320 e. The van der Waals surface area contributed by atoms with Crippen LogP contribution in [0.3, 0.4) is 0 Å². The molecule has 0 aromatic carbocycles. The summed E-state index contributed by atoms with van der Waals surface area (Å²) in [6.45, 7) is 6.23. The molecule has 0 saturated carbocycles. The van der Waals surface area contributed by atoms with Crippen molar-refractivity contribution in [3.05, 3.63) is 0 Å². The summed E-state index contributed by atoms with van der Waals surface area (Å²) in [6, 6.07) is 0.542. The molecule has 0 amide bonds. The molecule has 3 atom stereocenters. The van der Waals surface area contributed by atoms with E-state index in [0.717, 1.165) is 12.8 Å². The first-order chi connectivity index (χ1) is 6.57. The largest absolute Gasteiger partial charge is 0.480 e. The predicted molar refractivity (Wildman–Crippen MR) is 56.3 cm³/mol. The average molecular weight is 199 g/mol. The molecule has 1 aliphatic rings. The van der Waals surface area contributed by atoms with Crippen LogP contribution in [0.15, 0.2) is 0 Å². The molecule has 0 unspecified atom stereocenters. The number of nitrogens with zero attached hydrogens (tertiary/aromatic N) is 1. The van der Waals surface area contributed by atoms with Gasteiger partial charge in [0.15, 0.2) is 0 Å². The highest BCUT2D eigenvalue weighted by Gasteiger charge is 2.33. The monoisotopic (exact) mass is 199 g/mol. The van der Waals surface area contributed by atoms with E-state index >= 15 is 0 Å². The van der Waals surface area contributed by atoms with E-state index in [2.05, 4.69) is 18.7 Å². The number of aliphatic carboxylic acids is 1. The summed E-state index contributed by atoms with van der Waals surface area (Å²) in [6.07, 6.45) is 4.20. The van der Waals surface area contributed by atoms with Gasteiger partial charge in [-0.1, -0.05) is 13.3 Å². The fourth-order valence-corrected chi connectivity index (χ4v) is 2.57. The topological polar surface area (TPSA) is 40.5 Å². The van der Waals surface area contributed by atoms with Crippen molar-refractivity contribution >= 4 is 5.97 Å². The van der Waals surface area contributed by atoms with Gasteiger partial charge in [0.05, 0.1) is 0 Å². The zero-order chi connectivity index (χ0) is 10.7. The lowest BCUT2D eigenvalue weighted by molar-refractivity contribution is -0.146. The first kappa shape index (κ1) is 11.5. The van der Waals surface area contributed by atoms with E-state index in [9.17, 15) is 4.79 Å². The summed E-state index contributed by atoms with van der Waals surface area (Å²) in [5.41, 5.74) is 0. The Balaban J connectivity index is 2.74. The van der Waals surface area contributed by atoms with E-state index in [-0.39, 0.29) is 6.04 Å². The van der Waals surface area contributed by atoms with E-state index < -0.39 is 5.97 Å². The van der Waals surface area contributed by atoms with Crippen LogP contribution in [-0.2, 0) is 4.79 Å². The van der Waals surface area contributed by atoms with Crippen LogP contribution in [0.2, 0.25) is 0 Å². The molecule has 0 radical (unpaired) electrons. The highest BCUT2D eigenvalue weighted by Crippen LogP contribution is 2.25. The molecule has 0 aliphatic carbocycles. The molecule has 0 aromatic rings. The lowest BCUT2D eigenvalue weighted by Crippen LogP contribution is -2.52. The van der Waals surface area contributed by atoms with E-state index in [1.807, 2.05) is 6.92 Å². The molecule has 1 N–H and O–H groups in total. The minimum Gasteiger partial charge on any atom is -0.480 e. The van der Waals surface area contributed by atoms with E-state index in [0.29, 0.717) is 18.5 Å². The average Bonchev–Trinajstić information content (AvgIpc) is 2.10. The predicted octanol–water partition coefficient (Wildman–Crippen LogP) is 2.11. The van der Waals surface area contributed by atoms with Gasteiger partial charge in [-0.3, -0.25) is 9.69 Å². The van der Waals surface area contributed by atoms with Gasteiger partial charge in [-0.15, -0.1) is 0 Å². The number of carboxylic acid groups (broad SMARTS) is 1. The summed E-state index contributed by atoms with van der Waals surface area (Å²) in [5, 5.41) is 9.12. The lowest BCUT2D eigenvalue weighted by Gasteiger charge is -2.42. The second kappa shape index (κ2) is 4.78. The van der Waals surface area contributed by atoms with Crippen LogP contribution >= 0.6 is 0 Å². The zero-order valence-corrected chi connectivity index (χ0v) is 9.36. The van der Waals surface area contributed by atoms with Crippen LogP contribution in [0.5, 0.6) is 0 Å². The van der Waals surface area contributed by atoms with Crippen LogP contribution in [-0.4, -0.2) is 34.1 Å². The van der Waals surface area contributed by atoms with Crippen LogP contribution in [0.1, 0.15) is 46.5 Å².